The van der Waals surface area contributed by atoms with Crippen LogP contribution in [-0.4, -0.2) is 35.6 Å². The van der Waals surface area contributed by atoms with Crippen LogP contribution in [0.15, 0.2) is 12.7 Å². The van der Waals surface area contributed by atoms with Crippen molar-refractivity contribution >= 4 is 23.5 Å². The molecule has 1 fully saturated rings. The molecular formula is C9H17NS2. The van der Waals surface area contributed by atoms with Crippen LogP contribution in [0.5, 0.6) is 0 Å². The Morgan fingerprint density at radius 2 is 2.58 bits per heavy atom. The van der Waals surface area contributed by atoms with Gasteiger partial charge in [-0.05, 0) is 12.2 Å². The van der Waals surface area contributed by atoms with Crippen molar-refractivity contribution in [3.63, 3.8) is 0 Å². The average Bonchev–Trinajstić information content (AvgIpc) is 2.57. The van der Waals surface area contributed by atoms with E-state index in [0.717, 1.165) is 18.3 Å². The second kappa shape index (κ2) is 6.87. The van der Waals surface area contributed by atoms with Crippen LogP contribution in [0.1, 0.15) is 6.42 Å². The number of nitrogens with one attached hydrogen (secondary N) is 1. The molecule has 1 rings (SSSR count). The van der Waals surface area contributed by atoms with E-state index in [1.54, 1.807) is 0 Å². The number of hydrogen-bond donors (Lipinski definition) is 1. The molecule has 12 heavy (non-hydrogen) atoms. The van der Waals surface area contributed by atoms with Gasteiger partial charge < -0.3 is 5.32 Å². The third-order valence-electron chi connectivity index (χ3n) is 1.84. The van der Waals surface area contributed by atoms with Gasteiger partial charge >= 0.3 is 0 Å². The zero-order valence-corrected chi connectivity index (χ0v) is 9.05. The Balaban J connectivity index is 1.84. The molecule has 1 aliphatic rings. The maximum atomic E-state index is 3.69. The van der Waals surface area contributed by atoms with Gasteiger partial charge in [0.2, 0.25) is 0 Å². The third-order valence-corrected chi connectivity index (χ3v) is 3.97. The summed E-state index contributed by atoms with van der Waals surface area (Å²) in [6.45, 7) is 4.85. The van der Waals surface area contributed by atoms with Gasteiger partial charge in [0, 0.05) is 29.8 Å². The normalized spacial score (nSPS) is 22.8. The molecule has 0 saturated carbocycles. The summed E-state index contributed by atoms with van der Waals surface area (Å²) >= 11 is 4.01. The molecule has 0 bridgehead atoms. The number of rotatable bonds is 6. The first kappa shape index (κ1) is 10.5. The summed E-state index contributed by atoms with van der Waals surface area (Å²) < 4.78 is 0. The summed E-state index contributed by atoms with van der Waals surface area (Å²) in [6.07, 6.45) is 3.33. The standard InChI is InChI=1S/C9H17NS2/c1-2-5-11-7-4-10-9-3-6-12-8-9/h2,9-10H,1,3-8H2. The molecule has 1 saturated heterocycles. The first-order valence-electron chi connectivity index (χ1n) is 4.43. The molecule has 1 atom stereocenters. The minimum Gasteiger partial charge on any atom is -0.312 e. The quantitative estimate of drug-likeness (QED) is 0.524. The molecule has 0 radical (unpaired) electrons. The van der Waals surface area contributed by atoms with Crippen LogP contribution >= 0.6 is 23.5 Å². The van der Waals surface area contributed by atoms with Crippen molar-refractivity contribution in [2.75, 3.05) is 29.6 Å². The van der Waals surface area contributed by atoms with Crippen LogP contribution in [0.4, 0.5) is 0 Å². The zero-order chi connectivity index (χ0) is 8.65. The van der Waals surface area contributed by atoms with E-state index < -0.39 is 0 Å². The molecule has 1 nitrogen and oxygen atoms in total. The van der Waals surface area contributed by atoms with Crippen LogP contribution in [0.25, 0.3) is 0 Å². The minimum absolute atomic E-state index is 0.791. The van der Waals surface area contributed by atoms with Gasteiger partial charge in [-0.1, -0.05) is 6.08 Å². The Morgan fingerprint density at radius 3 is 3.25 bits per heavy atom. The van der Waals surface area contributed by atoms with Gasteiger partial charge in [0.15, 0.2) is 0 Å². The lowest BCUT2D eigenvalue weighted by Gasteiger charge is -2.09. The van der Waals surface area contributed by atoms with Gasteiger partial charge in [0.1, 0.15) is 0 Å². The van der Waals surface area contributed by atoms with Gasteiger partial charge in [-0.25, -0.2) is 0 Å². The van der Waals surface area contributed by atoms with E-state index in [2.05, 4.69) is 23.7 Å². The minimum atomic E-state index is 0.791. The largest absolute Gasteiger partial charge is 0.312 e. The molecule has 0 amide bonds. The summed E-state index contributed by atoms with van der Waals surface area (Å²) in [5.74, 6) is 4.96. The SMILES string of the molecule is C=CCSCCNC1CCSC1. The fourth-order valence-corrected chi connectivity index (χ4v) is 2.98. The van der Waals surface area contributed by atoms with E-state index in [0.29, 0.717) is 0 Å². The van der Waals surface area contributed by atoms with Gasteiger partial charge in [-0.3, -0.25) is 0 Å². The Hall–Kier alpha value is 0.400. The third kappa shape index (κ3) is 4.43. The monoisotopic (exact) mass is 203 g/mol. The summed E-state index contributed by atoms with van der Waals surface area (Å²) in [4.78, 5) is 0. The Morgan fingerprint density at radius 1 is 1.67 bits per heavy atom. The van der Waals surface area contributed by atoms with Crippen molar-refractivity contribution < 1.29 is 0 Å². The van der Waals surface area contributed by atoms with Crippen molar-refractivity contribution in [1.29, 1.82) is 0 Å². The summed E-state index contributed by atoms with van der Waals surface area (Å²) in [5, 5.41) is 3.56. The van der Waals surface area contributed by atoms with E-state index in [4.69, 9.17) is 0 Å². The number of thioether (sulfide) groups is 2. The fraction of sp³-hybridized carbons (Fsp3) is 0.778. The van der Waals surface area contributed by atoms with Crippen molar-refractivity contribution in [2.45, 2.75) is 12.5 Å². The molecule has 0 spiro atoms. The van der Waals surface area contributed by atoms with Gasteiger partial charge in [0.05, 0.1) is 0 Å². The predicted octanol–water partition coefficient (Wildman–Crippen LogP) is 2.00. The van der Waals surface area contributed by atoms with Crippen molar-refractivity contribution in [3.8, 4) is 0 Å². The molecular weight excluding hydrogens is 186 g/mol. The lowest BCUT2D eigenvalue weighted by molar-refractivity contribution is 0.581. The molecule has 1 N–H and O–H groups in total. The van der Waals surface area contributed by atoms with Crippen LogP contribution in [-0.2, 0) is 0 Å². The van der Waals surface area contributed by atoms with E-state index in [9.17, 15) is 0 Å². The van der Waals surface area contributed by atoms with Gasteiger partial charge in [-0.2, -0.15) is 23.5 Å². The van der Waals surface area contributed by atoms with Crippen LogP contribution < -0.4 is 5.32 Å². The van der Waals surface area contributed by atoms with E-state index in [1.807, 2.05) is 17.8 Å². The first-order valence-corrected chi connectivity index (χ1v) is 6.74. The lowest BCUT2D eigenvalue weighted by Crippen LogP contribution is -2.30. The molecule has 0 aromatic rings. The second-order valence-corrected chi connectivity index (χ2v) is 5.18. The van der Waals surface area contributed by atoms with Crippen LogP contribution in [0.3, 0.4) is 0 Å². The smallest absolute Gasteiger partial charge is 0.0166 e. The highest BCUT2D eigenvalue weighted by Crippen LogP contribution is 2.16. The number of hydrogen-bond acceptors (Lipinski definition) is 3. The van der Waals surface area contributed by atoms with Crippen molar-refractivity contribution in [2.24, 2.45) is 0 Å². The van der Waals surface area contributed by atoms with Gasteiger partial charge in [-0.15, -0.1) is 6.58 Å². The summed E-state index contributed by atoms with van der Waals surface area (Å²) in [7, 11) is 0. The van der Waals surface area contributed by atoms with E-state index >= 15 is 0 Å². The van der Waals surface area contributed by atoms with E-state index in [1.165, 1.54) is 23.7 Å². The molecule has 1 unspecified atom stereocenters. The zero-order valence-electron chi connectivity index (χ0n) is 7.42. The highest BCUT2D eigenvalue weighted by molar-refractivity contribution is 7.99. The molecule has 3 heteroatoms. The predicted molar refractivity (Wildman–Crippen MR) is 61.3 cm³/mol. The van der Waals surface area contributed by atoms with Gasteiger partial charge in [0.25, 0.3) is 0 Å². The highest BCUT2D eigenvalue weighted by Gasteiger charge is 2.13. The summed E-state index contributed by atoms with van der Waals surface area (Å²) in [6, 6.07) is 0.791. The molecule has 0 aromatic carbocycles. The topological polar surface area (TPSA) is 12.0 Å². The Labute approximate surface area is 83.8 Å². The maximum absolute atomic E-state index is 3.69. The van der Waals surface area contributed by atoms with Crippen LogP contribution in [0.2, 0.25) is 0 Å². The molecule has 1 heterocycles. The fourth-order valence-electron chi connectivity index (χ4n) is 1.20. The second-order valence-electron chi connectivity index (χ2n) is 2.88. The van der Waals surface area contributed by atoms with Crippen molar-refractivity contribution in [1.82, 2.24) is 5.32 Å². The maximum Gasteiger partial charge on any atom is 0.0166 e. The average molecular weight is 203 g/mol. The van der Waals surface area contributed by atoms with E-state index in [-0.39, 0.29) is 0 Å². The van der Waals surface area contributed by atoms with Crippen LogP contribution in [0, 0.1) is 0 Å². The molecule has 1 aliphatic heterocycles. The molecule has 0 aromatic heterocycles. The van der Waals surface area contributed by atoms with Crippen molar-refractivity contribution in [3.05, 3.63) is 12.7 Å². The highest BCUT2D eigenvalue weighted by atomic mass is 32.2. The Bertz CT molecular complexity index is 122. The molecule has 70 valence electrons. The molecule has 0 aliphatic carbocycles. The first-order chi connectivity index (χ1) is 5.93. The Kier molecular flexibility index (Phi) is 6.00. The summed E-state index contributed by atoms with van der Waals surface area (Å²) in [5.41, 5.74) is 0. The lowest BCUT2D eigenvalue weighted by atomic mass is 10.3.